The van der Waals surface area contributed by atoms with E-state index in [-0.39, 0.29) is 16.2 Å². The summed E-state index contributed by atoms with van der Waals surface area (Å²) in [6, 6.07) is 79.5. The average molecular weight is 878 g/mol. The van der Waals surface area contributed by atoms with Gasteiger partial charge in [-0.1, -0.05) is 237 Å². The summed E-state index contributed by atoms with van der Waals surface area (Å²) < 4.78 is 0. The van der Waals surface area contributed by atoms with Crippen LogP contribution < -0.4 is 4.90 Å². The van der Waals surface area contributed by atoms with Gasteiger partial charge in [-0.05, 0) is 129 Å². The Morgan fingerprint density at radius 1 is 0.338 bits per heavy atom. The summed E-state index contributed by atoms with van der Waals surface area (Å²) in [7, 11) is 0. The number of fused-ring (bicyclic) bond motifs is 5. The molecule has 0 fully saturated rings. The third-order valence-electron chi connectivity index (χ3n) is 14.6. The van der Waals surface area contributed by atoms with E-state index in [4.69, 9.17) is 0 Å². The minimum absolute atomic E-state index is 0.00741. The third kappa shape index (κ3) is 7.42. The maximum absolute atomic E-state index is 2.50. The zero-order chi connectivity index (χ0) is 47.0. The first kappa shape index (κ1) is 43.1. The molecule has 1 aliphatic carbocycles. The van der Waals surface area contributed by atoms with E-state index in [1.54, 1.807) is 0 Å². The number of benzene rings is 10. The van der Waals surface area contributed by atoms with Crippen molar-refractivity contribution >= 4 is 38.6 Å². The molecule has 68 heavy (non-hydrogen) atoms. The Kier molecular flexibility index (Phi) is 10.4. The first-order valence-corrected chi connectivity index (χ1v) is 24.3. The molecule has 0 spiro atoms. The average Bonchev–Trinajstić information content (AvgIpc) is 3.58. The highest BCUT2D eigenvalue weighted by molar-refractivity contribution is 6.10. The van der Waals surface area contributed by atoms with Crippen molar-refractivity contribution in [2.45, 2.75) is 71.6 Å². The van der Waals surface area contributed by atoms with Gasteiger partial charge in [-0.3, -0.25) is 0 Å². The molecule has 0 saturated heterocycles. The van der Waals surface area contributed by atoms with Gasteiger partial charge in [-0.15, -0.1) is 0 Å². The van der Waals surface area contributed by atoms with E-state index < -0.39 is 0 Å². The number of hydrogen-bond acceptors (Lipinski definition) is 1. The molecule has 0 atom stereocenters. The van der Waals surface area contributed by atoms with Gasteiger partial charge in [0.05, 0.1) is 11.4 Å². The molecular weight excluding hydrogens is 819 g/mol. The van der Waals surface area contributed by atoms with E-state index in [9.17, 15) is 0 Å². The Bertz CT molecular complexity index is 3510. The van der Waals surface area contributed by atoms with Crippen LogP contribution in [0.15, 0.2) is 212 Å². The van der Waals surface area contributed by atoms with Crippen molar-refractivity contribution in [3.8, 4) is 55.6 Å². The second-order valence-electron chi connectivity index (χ2n) is 21.4. The zero-order valence-electron chi connectivity index (χ0n) is 40.7. The van der Waals surface area contributed by atoms with Gasteiger partial charge in [0.15, 0.2) is 0 Å². The van der Waals surface area contributed by atoms with Crippen LogP contribution in [0, 0.1) is 0 Å². The van der Waals surface area contributed by atoms with Gasteiger partial charge in [0, 0.05) is 22.2 Å². The molecule has 0 aliphatic heterocycles. The predicted octanol–water partition coefficient (Wildman–Crippen LogP) is 19.0. The van der Waals surface area contributed by atoms with Crippen LogP contribution in [0.3, 0.4) is 0 Å². The number of anilines is 3. The monoisotopic (exact) mass is 877 g/mol. The van der Waals surface area contributed by atoms with Gasteiger partial charge in [0.25, 0.3) is 0 Å². The lowest BCUT2D eigenvalue weighted by molar-refractivity contribution is 0.569. The summed E-state index contributed by atoms with van der Waals surface area (Å²) in [5.74, 6) is 0. The van der Waals surface area contributed by atoms with E-state index in [2.05, 4.69) is 273 Å². The van der Waals surface area contributed by atoms with Crippen LogP contribution in [0.5, 0.6) is 0 Å². The SMILES string of the molecule is CC(C)(C)c1cc(-c2cccc3cccc(-c4ccccc4N(c4ccc(-c5ccc6c(c5)C(C)(C)c5ccccc5-6)cc4)c4ccccc4-c4cccc5ccccc45)c23)cc(C(C)(C)C)c1. The molecule has 10 aromatic carbocycles. The summed E-state index contributed by atoms with van der Waals surface area (Å²) in [4.78, 5) is 2.50. The molecule has 0 amide bonds. The van der Waals surface area contributed by atoms with Crippen LogP contribution >= 0.6 is 0 Å². The highest BCUT2D eigenvalue weighted by Crippen LogP contribution is 2.51. The van der Waals surface area contributed by atoms with Crippen molar-refractivity contribution in [1.82, 2.24) is 0 Å². The van der Waals surface area contributed by atoms with Crippen molar-refractivity contribution in [3.63, 3.8) is 0 Å². The van der Waals surface area contributed by atoms with Gasteiger partial charge >= 0.3 is 0 Å². The highest BCUT2D eigenvalue weighted by Gasteiger charge is 2.35. The quantitative estimate of drug-likeness (QED) is 0.154. The Balaban J connectivity index is 1.12. The van der Waals surface area contributed by atoms with Crippen molar-refractivity contribution in [1.29, 1.82) is 0 Å². The molecular formula is C67H59N. The van der Waals surface area contributed by atoms with E-state index in [0.29, 0.717) is 0 Å². The van der Waals surface area contributed by atoms with Gasteiger partial charge in [-0.25, -0.2) is 0 Å². The maximum atomic E-state index is 2.50. The number of hydrogen-bond donors (Lipinski definition) is 0. The molecule has 0 unspecified atom stereocenters. The van der Waals surface area contributed by atoms with Crippen molar-refractivity contribution in [3.05, 3.63) is 235 Å². The molecule has 0 bridgehead atoms. The Hall–Kier alpha value is -7.48. The number of para-hydroxylation sites is 2. The van der Waals surface area contributed by atoms with Crippen LogP contribution in [0.2, 0.25) is 0 Å². The molecule has 0 N–H and O–H groups in total. The molecule has 1 aliphatic rings. The lowest BCUT2D eigenvalue weighted by Gasteiger charge is -2.30. The zero-order valence-corrected chi connectivity index (χ0v) is 40.7. The van der Waals surface area contributed by atoms with Gasteiger partial charge in [0.1, 0.15) is 0 Å². The third-order valence-corrected chi connectivity index (χ3v) is 14.6. The van der Waals surface area contributed by atoms with Gasteiger partial charge in [-0.2, -0.15) is 0 Å². The summed E-state index contributed by atoms with van der Waals surface area (Å²) in [6.45, 7) is 18.7. The fourth-order valence-electron chi connectivity index (χ4n) is 10.8. The molecule has 332 valence electrons. The molecule has 0 radical (unpaired) electrons. The number of nitrogens with zero attached hydrogens (tertiary/aromatic N) is 1. The second-order valence-corrected chi connectivity index (χ2v) is 21.4. The molecule has 11 rings (SSSR count). The van der Waals surface area contributed by atoms with Crippen LogP contribution in [0.4, 0.5) is 17.1 Å². The topological polar surface area (TPSA) is 3.24 Å². The maximum Gasteiger partial charge on any atom is 0.0540 e. The largest absolute Gasteiger partial charge is 0.309 e. The summed E-state index contributed by atoms with van der Waals surface area (Å²) in [5.41, 5.74) is 21.1. The summed E-state index contributed by atoms with van der Waals surface area (Å²) in [6.07, 6.45) is 0. The van der Waals surface area contributed by atoms with Crippen molar-refractivity contribution in [2.24, 2.45) is 0 Å². The van der Waals surface area contributed by atoms with Crippen molar-refractivity contribution < 1.29 is 0 Å². The fraction of sp³-hybridized carbons (Fsp3) is 0.164. The first-order chi connectivity index (χ1) is 32.8. The molecule has 10 aromatic rings. The fourth-order valence-corrected chi connectivity index (χ4v) is 10.8. The van der Waals surface area contributed by atoms with E-state index in [1.165, 1.54) is 99.4 Å². The van der Waals surface area contributed by atoms with Crippen molar-refractivity contribution in [2.75, 3.05) is 4.90 Å². The Morgan fingerprint density at radius 2 is 0.824 bits per heavy atom. The van der Waals surface area contributed by atoms with Crippen LogP contribution in [0.25, 0.3) is 77.2 Å². The Labute approximate surface area is 403 Å². The molecule has 0 aromatic heterocycles. The van der Waals surface area contributed by atoms with E-state index in [0.717, 1.165) is 17.1 Å². The number of rotatable bonds is 7. The Morgan fingerprint density at radius 3 is 1.49 bits per heavy atom. The standard InChI is InChI=1S/C67H59N/c1-65(2,3)49-40-48(41-50(43-49)66(4,5)6)53-28-18-22-46-23-19-30-59(64(46)53)58-27-13-16-33-63(58)68(62-32-15-12-26-57(62)54-29-17-21-45-20-9-10-24-52(45)54)51-37-34-44(35-38-51)47-36-39-56-55-25-11-14-31-60(55)67(7,8)61(56)42-47/h9-43H,1-8H3. The van der Waals surface area contributed by atoms with Gasteiger partial charge in [0.2, 0.25) is 0 Å². The molecule has 1 heteroatoms. The minimum atomic E-state index is -0.0700. The van der Waals surface area contributed by atoms with Crippen LogP contribution in [0.1, 0.15) is 77.6 Å². The molecule has 0 heterocycles. The highest BCUT2D eigenvalue weighted by atomic mass is 15.1. The van der Waals surface area contributed by atoms with E-state index in [1.807, 2.05) is 0 Å². The molecule has 0 saturated carbocycles. The van der Waals surface area contributed by atoms with E-state index >= 15 is 0 Å². The smallest absolute Gasteiger partial charge is 0.0540 e. The lowest BCUT2D eigenvalue weighted by Crippen LogP contribution is -2.16. The minimum Gasteiger partial charge on any atom is -0.309 e. The lowest BCUT2D eigenvalue weighted by atomic mass is 9.78. The summed E-state index contributed by atoms with van der Waals surface area (Å²) >= 11 is 0. The summed E-state index contributed by atoms with van der Waals surface area (Å²) in [5, 5.41) is 4.94. The normalized spacial score (nSPS) is 13.1. The first-order valence-electron chi connectivity index (χ1n) is 24.3. The van der Waals surface area contributed by atoms with Gasteiger partial charge < -0.3 is 4.90 Å². The molecule has 1 nitrogen and oxygen atoms in total. The van der Waals surface area contributed by atoms with Crippen LogP contribution in [-0.4, -0.2) is 0 Å². The predicted molar refractivity (Wildman–Crippen MR) is 293 cm³/mol. The second kappa shape index (κ2) is 16.4. The van der Waals surface area contributed by atoms with Crippen LogP contribution in [-0.2, 0) is 16.2 Å².